The lowest BCUT2D eigenvalue weighted by atomic mass is 10.1. The van der Waals surface area contributed by atoms with Gasteiger partial charge in [0.2, 0.25) is 10.0 Å². The van der Waals surface area contributed by atoms with Gasteiger partial charge in [0, 0.05) is 37.9 Å². The van der Waals surface area contributed by atoms with Crippen LogP contribution in [0, 0.1) is 13.8 Å². The van der Waals surface area contributed by atoms with E-state index in [1.54, 1.807) is 47.6 Å². The minimum Gasteiger partial charge on any atom is -0.495 e. The van der Waals surface area contributed by atoms with Crippen LogP contribution in [0.4, 0.5) is 0 Å². The molecular weight excluding hydrogens is 366 g/mol. The van der Waals surface area contributed by atoms with Crippen molar-refractivity contribution in [2.45, 2.75) is 25.3 Å². The van der Waals surface area contributed by atoms with Crippen LogP contribution in [-0.4, -0.2) is 41.6 Å². The highest BCUT2D eigenvalue weighted by Gasteiger charge is 2.20. The average Bonchev–Trinajstić information content (AvgIpc) is 3.12. The molecule has 0 atom stereocenters. The molecule has 2 aromatic heterocycles. The fraction of sp³-hybridized carbons (Fsp3) is 0.278. The van der Waals surface area contributed by atoms with E-state index in [1.807, 2.05) is 13.8 Å². The molecule has 0 radical (unpaired) electrons. The van der Waals surface area contributed by atoms with Crippen molar-refractivity contribution in [2.75, 3.05) is 13.7 Å². The average molecular weight is 387 g/mol. The van der Waals surface area contributed by atoms with Crippen molar-refractivity contribution in [3.8, 4) is 17.4 Å². The highest BCUT2D eigenvalue weighted by Crippen LogP contribution is 2.27. The van der Waals surface area contributed by atoms with Crippen molar-refractivity contribution < 1.29 is 13.2 Å². The zero-order chi connectivity index (χ0) is 19.4. The molecule has 3 aromatic rings. The van der Waals surface area contributed by atoms with Crippen molar-refractivity contribution >= 4 is 10.0 Å². The molecule has 2 heterocycles. The molecule has 9 heteroatoms. The van der Waals surface area contributed by atoms with Crippen LogP contribution in [0.25, 0.3) is 11.6 Å². The van der Waals surface area contributed by atoms with Crippen LogP contribution in [-0.2, 0) is 16.6 Å². The Bertz CT molecular complexity index is 1030. The normalized spacial score (nSPS) is 11.5. The van der Waals surface area contributed by atoms with Gasteiger partial charge in [-0.3, -0.25) is 0 Å². The molecule has 1 aromatic carbocycles. The van der Waals surface area contributed by atoms with E-state index in [4.69, 9.17) is 4.74 Å². The van der Waals surface area contributed by atoms with E-state index < -0.39 is 10.0 Å². The van der Waals surface area contributed by atoms with Gasteiger partial charge in [-0.2, -0.15) is 0 Å². The molecular formula is C18H21N5O3S. The number of ether oxygens (including phenoxy) is 1. The fourth-order valence-electron chi connectivity index (χ4n) is 2.62. The number of nitrogens with zero attached hydrogens (tertiary/aromatic N) is 4. The summed E-state index contributed by atoms with van der Waals surface area (Å²) in [5.74, 6) is 1.39. The molecule has 0 bridgehead atoms. The molecule has 0 unspecified atom stereocenters. The first-order chi connectivity index (χ1) is 12.9. The molecule has 0 fully saturated rings. The Hall–Kier alpha value is -2.78. The SMILES string of the molecule is COc1cc(C)c(C)cc1S(=O)(=O)NCCn1ccnc1-c1ncccn1. The summed E-state index contributed by atoms with van der Waals surface area (Å²) in [6.45, 7) is 4.36. The summed E-state index contributed by atoms with van der Waals surface area (Å²) in [4.78, 5) is 12.7. The van der Waals surface area contributed by atoms with E-state index in [2.05, 4.69) is 19.7 Å². The number of hydrogen-bond acceptors (Lipinski definition) is 6. The minimum atomic E-state index is -3.71. The summed E-state index contributed by atoms with van der Waals surface area (Å²) in [5, 5.41) is 0. The number of nitrogens with one attached hydrogen (secondary N) is 1. The van der Waals surface area contributed by atoms with Crippen molar-refractivity contribution in [3.05, 3.63) is 54.1 Å². The molecule has 0 aliphatic carbocycles. The van der Waals surface area contributed by atoms with E-state index >= 15 is 0 Å². The molecule has 1 N–H and O–H groups in total. The monoisotopic (exact) mass is 387 g/mol. The van der Waals surface area contributed by atoms with Crippen LogP contribution in [0.15, 0.2) is 47.9 Å². The topological polar surface area (TPSA) is 99.0 Å². The van der Waals surface area contributed by atoms with E-state index in [9.17, 15) is 8.42 Å². The predicted octanol–water partition coefficient (Wildman–Crippen LogP) is 1.94. The number of aryl methyl sites for hydroxylation is 2. The molecule has 0 aliphatic heterocycles. The van der Waals surface area contributed by atoms with Gasteiger partial charge >= 0.3 is 0 Å². The van der Waals surface area contributed by atoms with Gasteiger partial charge in [0.1, 0.15) is 10.6 Å². The summed E-state index contributed by atoms with van der Waals surface area (Å²) >= 11 is 0. The van der Waals surface area contributed by atoms with Gasteiger partial charge in [-0.25, -0.2) is 28.1 Å². The number of benzene rings is 1. The van der Waals surface area contributed by atoms with E-state index in [1.165, 1.54) is 7.11 Å². The second-order valence-corrected chi connectivity index (χ2v) is 7.74. The predicted molar refractivity (Wildman–Crippen MR) is 101 cm³/mol. The standard InChI is InChI=1S/C18H21N5O3S/c1-13-11-15(26-3)16(12-14(13)2)27(24,25)22-8-10-23-9-7-21-18(23)17-19-5-4-6-20-17/h4-7,9,11-12,22H,8,10H2,1-3H3. The number of hydrogen-bond donors (Lipinski definition) is 1. The van der Waals surface area contributed by atoms with Crippen LogP contribution in [0.1, 0.15) is 11.1 Å². The lowest BCUT2D eigenvalue weighted by molar-refractivity contribution is 0.401. The van der Waals surface area contributed by atoms with Crippen molar-refractivity contribution in [1.29, 1.82) is 0 Å². The first-order valence-corrected chi connectivity index (χ1v) is 9.84. The maximum atomic E-state index is 12.7. The highest BCUT2D eigenvalue weighted by molar-refractivity contribution is 7.89. The van der Waals surface area contributed by atoms with Gasteiger partial charge in [0.25, 0.3) is 0 Å². The quantitative estimate of drug-likeness (QED) is 0.665. The maximum absolute atomic E-state index is 12.7. The summed E-state index contributed by atoms with van der Waals surface area (Å²) in [5.41, 5.74) is 1.85. The number of sulfonamides is 1. The minimum absolute atomic E-state index is 0.130. The molecule has 0 aliphatic rings. The Morgan fingerprint density at radius 3 is 2.48 bits per heavy atom. The van der Waals surface area contributed by atoms with E-state index in [0.29, 0.717) is 23.9 Å². The van der Waals surface area contributed by atoms with E-state index in [-0.39, 0.29) is 11.4 Å². The fourth-order valence-corrected chi connectivity index (χ4v) is 3.88. The Labute approximate surface area is 158 Å². The van der Waals surface area contributed by atoms with Crippen molar-refractivity contribution in [3.63, 3.8) is 0 Å². The first-order valence-electron chi connectivity index (χ1n) is 8.36. The first kappa shape index (κ1) is 19.0. The van der Waals surface area contributed by atoms with Crippen molar-refractivity contribution in [2.24, 2.45) is 0 Å². The van der Waals surface area contributed by atoms with Crippen molar-refractivity contribution in [1.82, 2.24) is 24.2 Å². The Balaban J connectivity index is 1.75. The molecule has 142 valence electrons. The summed E-state index contributed by atoms with van der Waals surface area (Å²) in [6.07, 6.45) is 6.66. The van der Waals surface area contributed by atoms with E-state index in [0.717, 1.165) is 11.1 Å². The van der Waals surface area contributed by atoms with Gasteiger partial charge in [0.15, 0.2) is 11.6 Å². The van der Waals surface area contributed by atoms with Crippen LogP contribution in [0.2, 0.25) is 0 Å². The second kappa shape index (κ2) is 7.85. The van der Waals surface area contributed by atoms with Crippen LogP contribution in [0.5, 0.6) is 5.75 Å². The maximum Gasteiger partial charge on any atom is 0.244 e. The van der Waals surface area contributed by atoms with Crippen LogP contribution in [0.3, 0.4) is 0 Å². The zero-order valence-corrected chi connectivity index (χ0v) is 16.2. The molecule has 0 spiro atoms. The second-order valence-electron chi connectivity index (χ2n) is 6.00. The van der Waals surface area contributed by atoms with Crippen LogP contribution >= 0.6 is 0 Å². The Morgan fingerprint density at radius 1 is 1.07 bits per heavy atom. The summed E-state index contributed by atoms with van der Waals surface area (Å²) in [7, 11) is -2.25. The molecule has 8 nitrogen and oxygen atoms in total. The number of methoxy groups -OCH3 is 1. The Kier molecular flexibility index (Phi) is 5.52. The van der Waals surface area contributed by atoms with Gasteiger partial charge in [-0.1, -0.05) is 0 Å². The highest BCUT2D eigenvalue weighted by atomic mass is 32.2. The van der Waals surface area contributed by atoms with Gasteiger partial charge < -0.3 is 9.30 Å². The summed E-state index contributed by atoms with van der Waals surface area (Å²) < 4.78 is 35.1. The molecule has 0 saturated heterocycles. The molecule has 27 heavy (non-hydrogen) atoms. The number of imidazole rings is 1. The lowest BCUT2D eigenvalue weighted by Crippen LogP contribution is -2.28. The third-order valence-corrected chi connectivity index (χ3v) is 5.68. The molecule has 0 saturated carbocycles. The van der Waals surface area contributed by atoms with Crippen LogP contribution < -0.4 is 9.46 Å². The smallest absolute Gasteiger partial charge is 0.244 e. The lowest BCUT2D eigenvalue weighted by Gasteiger charge is -2.14. The molecule has 0 amide bonds. The summed E-state index contributed by atoms with van der Waals surface area (Å²) in [6, 6.07) is 5.07. The third-order valence-electron chi connectivity index (χ3n) is 4.20. The number of aromatic nitrogens is 4. The zero-order valence-electron chi connectivity index (χ0n) is 15.4. The van der Waals surface area contributed by atoms with Gasteiger partial charge in [-0.05, 0) is 43.2 Å². The Morgan fingerprint density at radius 2 is 1.78 bits per heavy atom. The van der Waals surface area contributed by atoms with Gasteiger partial charge in [0.05, 0.1) is 7.11 Å². The third kappa shape index (κ3) is 4.15. The number of rotatable bonds is 7. The largest absolute Gasteiger partial charge is 0.495 e. The van der Waals surface area contributed by atoms with Gasteiger partial charge in [-0.15, -0.1) is 0 Å². The molecule has 3 rings (SSSR count).